The molecule has 2 fully saturated rings. The maximum Gasteiger partial charge on any atom is 0.248 e. The maximum absolute atomic E-state index is 12.3. The van der Waals surface area contributed by atoms with E-state index in [1.54, 1.807) is 12.4 Å². The third-order valence-electron chi connectivity index (χ3n) is 4.95. The zero-order valence-corrected chi connectivity index (χ0v) is 14.1. The van der Waals surface area contributed by atoms with Crippen molar-refractivity contribution < 1.29 is 14.3 Å². The van der Waals surface area contributed by atoms with Crippen LogP contribution in [-0.2, 0) is 20.7 Å². The van der Waals surface area contributed by atoms with Crippen molar-refractivity contribution >= 4 is 11.8 Å². The van der Waals surface area contributed by atoms with Crippen LogP contribution in [0, 0.1) is 11.8 Å². The van der Waals surface area contributed by atoms with E-state index < -0.39 is 0 Å². The summed E-state index contributed by atoms with van der Waals surface area (Å²) in [7, 11) is 1.53. The van der Waals surface area contributed by atoms with E-state index >= 15 is 0 Å². The Hall–Kier alpha value is -1.95. The molecule has 2 amide bonds. The summed E-state index contributed by atoms with van der Waals surface area (Å²) >= 11 is 0. The predicted octanol–water partition coefficient (Wildman–Crippen LogP) is 1.01. The number of pyridine rings is 1. The third-order valence-corrected chi connectivity index (χ3v) is 4.95. The van der Waals surface area contributed by atoms with Crippen LogP contribution in [0.1, 0.15) is 24.8 Å². The Morgan fingerprint density at radius 3 is 2.71 bits per heavy atom. The van der Waals surface area contributed by atoms with Gasteiger partial charge in [0.15, 0.2) is 0 Å². The number of rotatable bonds is 7. The summed E-state index contributed by atoms with van der Waals surface area (Å²) in [5, 5.41) is 3.16. The first-order chi connectivity index (χ1) is 11.7. The number of carbonyl (C=O) groups excluding carboxylic acids is 2. The lowest BCUT2D eigenvalue weighted by atomic mass is 9.98. The van der Waals surface area contributed by atoms with E-state index in [0.29, 0.717) is 31.2 Å². The summed E-state index contributed by atoms with van der Waals surface area (Å²) < 4.78 is 4.95. The molecule has 6 heteroatoms. The molecule has 1 N–H and O–H groups in total. The summed E-state index contributed by atoms with van der Waals surface area (Å²) in [4.78, 5) is 30.2. The first-order valence-corrected chi connectivity index (χ1v) is 8.62. The lowest BCUT2D eigenvalue weighted by Gasteiger charge is -2.19. The fourth-order valence-electron chi connectivity index (χ4n) is 3.49. The molecule has 2 heterocycles. The van der Waals surface area contributed by atoms with Crippen LogP contribution in [0.25, 0.3) is 0 Å². The van der Waals surface area contributed by atoms with Crippen molar-refractivity contribution in [3.63, 3.8) is 0 Å². The monoisotopic (exact) mass is 331 g/mol. The van der Waals surface area contributed by atoms with E-state index in [2.05, 4.69) is 10.3 Å². The molecule has 1 saturated heterocycles. The highest BCUT2D eigenvalue weighted by atomic mass is 16.5. The molecule has 0 aromatic carbocycles. The SMILES string of the molecule is COCC(=O)N1CC(NC(=O)CCc2ccncc2)C(C2CC2)C1. The Bertz CT molecular complexity index is 574. The highest BCUT2D eigenvalue weighted by Gasteiger charge is 2.44. The molecule has 0 radical (unpaired) electrons. The summed E-state index contributed by atoms with van der Waals surface area (Å²) in [6, 6.07) is 3.94. The van der Waals surface area contributed by atoms with E-state index in [9.17, 15) is 9.59 Å². The van der Waals surface area contributed by atoms with E-state index in [1.165, 1.54) is 20.0 Å². The number of aryl methyl sites for hydroxylation is 1. The zero-order chi connectivity index (χ0) is 16.9. The fraction of sp³-hybridized carbons (Fsp3) is 0.611. The molecule has 1 aliphatic carbocycles. The lowest BCUT2D eigenvalue weighted by molar-refractivity contribution is -0.134. The van der Waals surface area contributed by atoms with Crippen LogP contribution in [0.2, 0.25) is 0 Å². The van der Waals surface area contributed by atoms with Crippen molar-refractivity contribution in [2.75, 3.05) is 26.8 Å². The molecular weight excluding hydrogens is 306 g/mol. The zero-order valence-electron chi connectivity index (χ0n) is 14.1. The van der Waals surface area contributed by atoms with Gasteiger partial charge in [0.25, 0.3) is 0 Å². The standard InChI is InChI=1S/C18H25N3O3/c1-24-12-18(23)21-10-15(14-3-4-14)16(11-21)20-17(22)5-2-13-6-8-19-9-7-13/h6-9,14-16H,2-5,10-12H2,1H3,(H,20,22). The Kier molecular flexibility index (Phi) is 5.45. The van der Waals surface area contributed by atoms with Crippen molar-refractivity contribution in [1.82, 2.24) is 15.2 Å². The van der Waals surface area contributed by atoms with Gasteiger partial charge in [-0.1, -0.05) is 0 Å². The number of carbonyl (C=O) groups is 2. The molecule has 0 spiro atoms. The van der Waals surface area contributed by atoms with Crippen molar-refractivity contribution in [2.45, 2.75) is 31.7 Å². The van der Waals surface area contributed by atoms with Gasteiger partial charge in [0, 0.05) is 44.9 Å². The molecule has 2 unspecified atom stereocenters. The fourth-order valence-corrected chi connectivity index (χ4v) is 3.49. The maximum atomic E-state index is 12.3. The highest BCUT2D eigenvalue weighted by Crippen LogP contribution is 2.41. The second-order valence-electron chi connectivity index (χ2n) is 6.76. The van der Waals surface area contributed by atoms with Crippen LogP contribution in [0.3, 0.4) is 0 Å². The molecule has 1 aromatic heterocycles. The van der Waals surface area contributed by atoms with Crippen LogP contribution < -0.4 is 5.32 Å². The number of methoxy groups -OCH3 is 1. The number of hydrogen-bond donors (Lipinski definition) is 1. The third kappa shape index (κ3) is 4.32. The molecule has 3 rings (SSSR count). The summed E-state index contributed by atoms with van der Waals surface area (Å²) in [5.74, 6) is 1.10. The average Bonchev–Trinajstić information content (AvgIpc) is 3.35. The quantitative estimate of drug-likeness (QED) is 0.809. The summed E-state index contributed by atoms with van der Waals surface area (Å²) in [6.45, 7) is 1.45. The average molecular weight is 331 g/mol. The van der Waals surface area contributed by atoms with Gasteiger partial charge in [-0.15, -0.1) is 0 Å². The van der Waals surface area contributed by atoms with Gasteiger partial charge in [-0.3, -0.25) is 14.6 Å². The number of nitrogens with zero attached hydrogens (tertiary/aromatic N) is 2. The van der Waals surface area contributed by atoms with Crippen molar-refractivity contribution in [3.8, 4) is 0 Å². The van der Waals surface area contributed by atoms with Gasteiger partial charge >= 0.3 is 0 Å². The molecule has 1 aromatic rings. The van der Waals surface area contributed by atoms with Gasteiger partial charge in [-0.25, -0.2) is 0 Å². The van der Waals surface area contributed by atoms with Gasteiger partial charge in [-0.2, -0.15) is 0 Å². The van der Waals surface area contributed by atoms with Gasteiger partial charge < -0.3 is 15.0 Å². The Morgan fingerprint density at radius 2 is 2.04 bits per heavy atom. The number of ether oxygens (including phenoxy) is 1. The first kappa shape index (κ1) is 16.9. The second-order valence-corrected chi connectivity index (χ2v) is 6.76. The number of amides is 2. The molecule has 1 saturated carbocycles. The van der Waals surface area contributed by atoms with Crippen LogP contribution in [0.5, 0.6) is 0 Å². The molecule has 2 aliphatic rings. The van der Waals surface area contributed by atoms with Gasteiger partial charge in [0.05, 0.1) is 6.04 Å². The molecule has 1 aliphatic heterocycles. The normalized spacial score (nSPS) is 23.3. The number of likely N-dealkylation sites (tertiary alicyclic amines) is 1. The van der Waals surface area contributed by atoms with Gasteiger partial charge in [0.1, 0.15) is 6.61 Å². The van der Waals surface area contributed by atoms with Crippen molar-refractivity contribution in [2.24, 2.45) is 11.8 Å². The first-order valence-electron chi connectivity index (χ1n) is 8.62. The Labute approximate surface area is 142 Å². The number of aromatic nitrogens is 1. The number of hydrogen-bond acceptors (Lipinski definition) is 4. The van der Waals surface area contributed by atoms with E-state index in [1.807, 2.05) is 17.0 Å². The van der Waals surface area contributed by atoms with E-state index in [0.717, 1.165) is 12.1 Å². The molecule has 130 valence electrons. The molecule has 6 nitrogen and oxygen atoms in total. The number of nitrogens with one attached hydrogen (secondary N) is 1. The van der Waals surface area contributed by atoms with Crippen molar-refractivity contribution in [3.05, 3.63) is 30.1 Å². The largest absolute Gasteiger partial charge is 0.375 e. The molecule has 2 atom stereocenters. The lowest BCUT2D eigenvalue weighted by Crippen LogP contribution is -2.42. The van der Waals surface area contributed by atoms with E-state index in [-0.39, 0.29) is 24.5 Å². The molecule has 0 bridgehead atoms. The van der Waals surface area contributed by atoms with Crippen LogP contribution in [0.15, 0.2) is 24.5 Å². The molecular formula is C18H25N3O3. The minimum absolute atomic E-state index is 0.0108. The minimum Gasteiger partial charge on any atom is -0.375 e. The Morgan fingerprint density at radius 1 is 1.29 bits per heavy atom. The van der Waals surface area contributed by atoms with Gasteiger partial charge in [0.2, 0.25) is 11.8 Å². The van der Waals surface area contributed by atoms with E-state index in [4.69, 9.17) is 4.74 Å². The summed E-state index contributed by atoms with van der Waals surface area (Å²) in [5.41, 5.74) is 1.11. The highest BCUT2D eigenvalue weighted by molar-refractivity contribution is 5.79. The molecule has 24 heavy (non-hydrogen) atoms. The second kappa shape index (κ2) is 7.75. The Balaban J connectivity index is 1.52. The predicted molar refractivity (Wildman–Crippen MR) is 89.2 cm³/mol. The van der Waals surface area contributed by atoms with Crippen LogP contribution >= 0.6 is 0 Å². The smallest absolute Gasteiger partial charge is 0.248 e. The van der Waals surface area contributed by atoms with Crippen molar-refractivity contribution in [1.29, 1.82) is 0 Å². The van der Waals surface area contributed by atoms with Crippen LogP contribution in [-0.4, -0.2) is 54.5 Å². The topological polar surface area (TPSA) is 71.5 Å². The van der Waals surface area contributed by atoms with Crippen LogP contribution in [0.4, 0.5) is 0 Å². The van der Waals surface area contributed by atoms with Gasteiger partial charge in [-0.05, 0) is 42.9 Å². The summed E-state index contributed by atoms with van der Waals surface area (Å²) in [6.07, 6.45) is 7.07. The minimum atomic E-state index is 0.0108.